The molecular formula is C7H7F3N2O. The molecule has 3 nitrogen and oxygen atoms in total. The Morgan fingerprint density at radius 2 is 2.00 bits per heavy atom. The monoisotopic (exact) mass is 192 g/mol. The van der Waals surface area contributed by atoms with Crippen LogP contribution in [0.5, 0.6) is 0 Å². The molecule has 0 aliphatic rings. The second-order valence-electron chi connectivity index (χ2n) is 2.11. The fourth-order valence-electron chi connectivity index (χ4n) is 0.812. The zero-order chi connectivity index (χ0) is 9.68. The first kappa shape index (κ1) is 9.66. The van der Waals surface area contributed by atoms with E-state index in [-0.39, 0.29) is 11.4 Å². The van der Waals surface area contributed by atoms with Gasteiger partial charge in [0.15, 0.2) is 0 Å². The standard InChI is InChI=1S/C7H7F3N2O/c8-5-13-11-6-3-1-2-4-7(6)12(9)10/h1-4,11H,5H2. The molecule has 0 heterocycles. The van der Waals surface area contributed by atoms with Crippen molar-refractivity contribution in [1.82, 2.24) is 0 Å². The van der Waals surface area contributed by atoms with E-state index in [0.717, 1.165) is 0 Å². The minimum Gasteiger partial charge on any atom is -0.262 e. The van der Waals surface area contributed by atoms with E-state index >= 15 is 0 Å². The topological polar surface area (TPSA) is 24.5 Å². The summed E-state index contributed by atoms with van der Waals surface area (Å²) in [5, 5.41) is -1.08. The Balaban J connectivity index is 2.78. The molecule has 0 aromatic heterocycles. The van der Waals surface area contributed by atoms with Gasteiger partial charge in [-0.05, 0) is 17.5 Å². The number of nitrogens with one attached hydrogen (secondary N) is 1. The molecule has 0 bridgehead atoms. The molecule has 0 amide bonds. The molecule has 1 aromatic rings. The Labute approximate surface area is 72.5 Å². The van der Waals surface area contributed by atoms with Crippen LogP contribution in [0.2, 0.25) is 0 Å². The van der Waals surface area contributed by atoms with Crippen molar-refractivity contribution in [2.75, 3.05) is 17.7 Å². The Bertz CT molecular complexity index is 270. The summed E-state index contributed by atoms with van der Waals surface area (Å²) in [4.78, 5) is 4.13. The van der Waals surface area contributed by atoms with Crippen LogP contribution >= 0.6 is 0 Å². The van der Waals surface area contributed by atoms with Gasteiger partial charge in [-0.3, -0.25) is 5.48 Å². The highest BCUT2D eigenvalue weighted by Gasteiger charge is 2.08. The average molecular weight is 192 g/mol. The lowest BCUT2D eigenvalue weighted by molar-refractivity contribution is 0.101. The fourth-order valence-corrected chi connectivity index (χ4v) is 0.812. The van der Waals surface area contributed by atoms with E-state index in [1.165, 1.54) is 24.3 Å². The number of benzene rings is 1. The van der Waals surface area contributed by atoms with Crippen LogP contribution in [0.15, 0.2) is 24.3 Å². The lowest BCUT2D eigenvalue weighted by atomic mass is 10.3. The maximum Gasteiger partial charge on any atom is 0.214 e. The van der Waals surface area contributed by atoms with Crippen molar-refractivity contribution in [3.8, 4) is 0 Å². The SMILES string of the molecule is FCONc1ccccc1N(F)F. The predicted octanol–water partition coefficient (Wildman–Crippen LogP) is 2.53. The van der Waals surface area contributed by atoms with E-state index in [0.29, 0.717) is 0 Å². The Morgan fingerprint density at radius 1 is 1.31 bits per heavy atom. The Kier molecular flexibility index (Phi) is 3.39. The summed E-state index contributed by atoms with van der Waals surface area (Å²) in [6.07, 6.45) is 0. The lowest BCUT2D eigenvalue weighted by Gasteiger charge is -2.09. The van der Waals surface area contributed by atoms with Crippen molar-refractivity contribution in [3.63, 3.8) is 0 Å². The minimum atomic E-state index is -1.09. The van der Waals surface area contributed by atoms with Gasteiger partial charge in [-0.25, -0.2) is 9.23 Å². The van der Waals surface area contributed by atoms with E-state index in [9.17, 15) is 13.4 Å². The summed E-state index contributed by atoms with van der Waals surface area (Å²) in [5.41, 5.74) is 1.67. The second kappa shape index (κ2) is 4.56. The summed E-state index contributed by atoms with van der Waals surface area (Å²) in [6.45, 7) is -1.09. The van der Waals surface area contributed by atoms with Gasteiger partial charge < -0.3 is 0 Å². The summed E-state index contributed by atoms with van der Waals surface area (Å²) in [5.74, 6) is 0. The fraction of sp³-hybridized carbons (Fsp3) is 0.143. The van der Waals surface area contributed by atoms with Crippen LogP contribution in [0, 0.1) is 0 Å². The number of halogens is 3. The molecule has 0 aliphatic heterocycles. The minimum absolute atomic E-state index is 0.00477. The first-order chi connectivity index (χ1) is 6.25. The molecule has 1 aromatic carbocycles. The van der Waals surface area contributed by atoms with Gasteiger partial charge in [-0.2, -0.15) is 0 Å². The van der Waals surface area contributed by atoms with Crippen molar-refractivity contribution < 1.29 is 18.2 Å². The smallest absolute Gasteiger partial charge is 0.214 e. The molecule has 0 radical (unpaired) electrons. The zero-order valence-corrected chi connectivity index (χ0v) is 6.51. The van der Waals surface area contributed by atoms with Crippen LogP contribution < -0.4 is 10.8 Å². The van der Waals surface area contributed by atoms with E-state index in [1.807, 2.05) is 5.48 Å². The van der Waals surface area contributed by atoms with Gasteiger partial charge in [0.05, 0.1) is 5.69 Å². The van der Waals surface area contributed by atoms with Gasteiger partial charge in [0.25, 0.3) is 0 Å². The molecule has 0 atom stereocenters. The van der Waals surface area contributed by atoms with Crippen LogP contribution in [-0.2, 0) is 4.84 Å². The number of hydrogen-bond acceptors (Lipinski definition) is 3. The van der Waals surface area contributed by atoms with Crippen molar-refractivity contribution >= 4 is 11.4 Å². The molecule has 0 aliphatic carbocycles. The largest absolute Gasteiger partial charge is 0.262 e. The summed E-state index contributed by atoms with van der Waals surface area (Å²) >= 11 is 0. The highest BCUT2D eigenvalue weighted by molar-refractivity contribution is 5.66. The van der Waals surface area contributed by atoms with Crippen LogP contribution in [0.3, 0.4) is 0 Å². The first-order valence-corrected chi connectivity index (χ1v) is 3.40. The Morgan fingerprint density at radius 3 is 2.62 bits per heavy atom. The third-order valence-electron chi connectivity index (χ3n) is 1.32. The number of hydrogen-bond donors (Lipinski definition) is 1. The van der Waals surface area contributed by atoms with Crippen LogP contribution in [0.1, 0.15) is 0 Å². The highest BCUT2D eigenvalue weighted by atomic mass is 19.4. The summed E-state index contributed by atoms with van der Waals surface area (Å²) < 4.78 is 35.7. The number of alkyl halides is 1. The number of para-hydroxylation sites is 2. The zero-order valence-electron chi connectivity index (χ0n) is 6.51. The third kappa shape index (κ3) is 2.51. The van der Waals surface area contributed by atoms with Crippen molar-refractivity contribution in [3.05, 3.63) is 24.3 Å². The van der Waals surface area contributed by atoms with Gasteiger partial charge >= 0.3 is 0 Å². The molecule has 72 valence electrons. The van der Waals surface area contributed by atoms with Crippen LogP contribution in [0.25, 0.3) is 0 Å². The van der Waals surface area contributed by atoms with Crippen molar-refractivity contribution in [2.45, 2.75) is 0 Å². The molecule has 6 heteroatoms. The van der Waals surface area contributed by atoms with E-state index in [2.05, 4.69) is 4.84 Å². The van der Waals surface area contributed by atoms with Crippen molar-refractivity contribution in [2.24, 2.45) is 0 Å². The maximum atomic E-state index is 12.1. The van der Waals surface area contributed by atoms with E-state index < -0.39 is 12.2 Å². The molecule has 0 saturated heterocycles. The highest BCUT2D eigenvalue weighted by Crippen LogP contribution is 2.25. The molecule has 13 heavy (non-hydrogen) atoms. The van der Waals surface area contributed by atoms with Crippen molar-refractivity contribution in [1.29, 1.82) is 0 Å². The third-order valence-corrected chi connectivity index (χ3v) is 1.32. The van der Waals surface area contributed by atoms with E-state index in [4.69, 9.17) is 0 Å². The van der Waals surface area contributed by atoms with Gasteiger partial charge in [0, 0.05) is 0 Å². The van der Waals surface area contributed by atoms with Crippen LogP contribution in [-0.4, -0.2) is 6.86 Å². The van der Waals surface area contributed by atoms with Gasteiger partial charge in [0.1, 0.15) is 5.69 Å². The quantitative estimate of drug-likeness (QED) is 0.586. The molecule has 0 saturated carbocycles. The van der Waals surface area contributed by atoms with Crippen LogP contribution in [0.4, 0.5) is 24.7 Å². The molecular weight excluding hydrogens is 185 g/mol. The van der Waals surface area contributed by atoms with Gasteiger partial charge in [-0.1, -0.05) is 21.1 Å². The molecule has 1 rings (SSSR count). The average Bonchev–Trinajstić information content (AvgIpc) is 2.15. The maximum absolute atomic E-state index is 12.1. The van der Waals surface area contributed by atoms with E-state index in [1.54, 1.807) is 0 Å². The summed E-state index contributed by atoms with van der Waals surface area (Å²) in [6, 6.07) is 5.47. The molecule has 0 fully saturated rings. The lowest BCUT2D eigenvalue weighted by Crippen LogP contribution is -2.04. The first-order valence-electron chi connectivity index (χ1n) is 3.40. The second-order valence-corrected chi connectivity index (χ2v) is 2.11. The number of anilines is 2. The Hall–Kier alpha value is -1.43. The number of nitrogens with zero attached hydrogens (tertiary/aromatic N) is 1. The molecule has 1 N–H and O–H groups in total. The summed E-state index contributed by atoms with van der Waals surface area (Å²) in [7, 11) is 0. The number of rotatable bonds is 4. The molecule has 0 spiro atoms. The van der Waals surface area contributed by atoms with Gasteiger partial charge in [0.2, 0.25) is 6.86 Å². The van der Waals surface area contributed by atoms with Gasteiger partial charge in [-0.15, -0.1) is 0 Å². The predicted molar refractivity (Wildman–Crippen MR) is 41.8 cm³/mol. The normalized spacial score (nSPS) is 9.77. The molecule has 0 unspecified atom stereocenters.